The van der Waals surface area contributed by atoms with Gasteiger partial charge >= 0.3 is 6.03 Å². The highest BCUT2D eigenvalue weighted by molar-refractivity contribution is 7.16. The number of thiophene rings is 1. The van der Waals surface area contributed by atoms with Crippen LogP contribution in [0.4, 0.5) is 4.79 Å². The maximum absolute atomic E-state index is 12.1. The monoisotopic (exact) mass is 343 g/mol. The largest absolute Gasteiger partial charge is 0.335 e. The summed E-state index contributed by atoms with van der Waals surface area (Å²) in [7, 11) is 1.85. The van der Waals surface area contributed by atoms with Crippen LogP contribution in [0.3, 0.4) is 0 Å². The number of nitrogens with one attached hydrogen (secondary N) is 2. The molecule has 1 unspecified atom stereocenters. The van der Waals surface area contributed by atoms with Crippen LogP contribution in [0.2, 0.25) is 4.34 Å². The van der Waals surface area contributed by atoms with Crippen LogP contribution < -0.4 is 10.6 Å². The lowest BCUT2D eigenvalue weighted by Crippen LogP contribution is -2.50. The zero-order valence-electron chi connectivity index (χ0n) is 12.9. The molecule has 0 bridgehead atoms. The first-order valence-corrected chi connectivity index (χ1v) is 8.71. The first-order chi connectivity index (χ1) is 10.5. The highest BCUT2D eigenvalue weighted by Gasteiger charge is 2.22. The summed E-state index contributed by atoms with van der Waals surface area (Å²) in [6.45, 7) is 2.41. The fourth-order valence-corrected chi connectivity index (χ4v) is 3.68. The van der Waals surface area contributed by atoms with Crippen molar-refractivity contribution in [3.05, 3.63) is 21.3 Å². The van der Waals surface area contributed by atoms with Gasteiger partial charge in [-0.3, -0.25) is 15.0 Å². The predicted octanol–water partition coefficient (Wildman–Crippen LogP) is 2.99. The van der Waals surface area contributed by atoms with Gasteiger partial charge in [-0.15, -0.1) is 11.3 Å². The van der Waals surface area contributed by atoms with Crippen molar-refractivity contribution in [3.63, 3.8) is 0 Å². The first kappa shape index (κ1) is 17.2. The lowest BCUT2D eigenvalue weighted by atomic mass is 10.2. The summed E-state index contributed by atoms with van der Waals surface area (Å²) < 4.78 is 0.733. The second kappa shape index (κ2) is 7.94. The number of imide groups is 1. The molecule has 1 aliphatic carbocycles. The molecule has 7 heteroatoms. The first-order valence-electron chi connectivity index (χ1n) is 7.51. The second-order valence-electron chi connectivity index (χ2n) is 5.74. The Kier molecular flexibility index (Phi) is 6.23. The molecule has 0 aromatic carbocycles. The second-order valence-corrected chi connectivity index (χ2v) is 7.54. The van der Waals surface area contributed by atoms with Gasteiger partial charge in [0.2, 0.25) is 5.91 Å². The number of hydrogen-bond donors (Lipinski definition) is 2. The molecule has 0 saturated heterocycles. The van der Waals surface area contributed by atoms with Crippen molar-refractivity contribution >= 4 is 34.9 Å². The molecule has 1 fully saturated rings. The number of carbonyl (C=O) groups excluding carboxylic acids is 2. The Labute approximate surface area is 140 Å². The van der Waals surface area contributed by atoms with Crippen LogP contribution in [0.25, 0.3) is 0 Å². The number of amides is 3. The van der Waals surface area contributed by atoms with E-state index in [1.807, 2.05) is 24.1 Å². The van der Waals surface area contributed by atoms with E-state index in [4.69, 9.17) is 11.6 Å². The van der Waals surface area contributed by atoms with Crippen molar-refractivity contribution in [1.29, 1.82) is 0 Å². The van der Waals surface area contributed by atoms with E-state index in [1.165, 1.54) is 11.3 Å². The average molecular weight is 344 g/mol. The van der Waals surface area contributed by atoms with Gasteiger partial charge in [-0.2, -0.15) is 0 Å². The molecular weight excluding hydrogens is 322 g/mol. The van der Waals surface area contributed by atoms with E-state index in [1.54, 1.807) is 6.92 Å². The Morgan fingerprint density at radius 2 is 2.09 bits per heavy atom. The topological polar surface area (TPSA) is 61.4 Å². The van der Waals surface area contributed by atoms with Crippen molar-refractivity contribution in [2.75, 3.05) is 7.05 Å². The molecule has 22 heavy (non-hydrogen) atoms. The quantitative estimate of drug-likeness (QED) is 0.864. The molecule has 122 valence electrons. The van der Waals surface area contributed by atoms with Gasteiger partial charge in [0.05, 0.1) is 10.4 Å². The molecule has 1 aliphatic rings. The number of rotatable bonds is 5. The van der Waals surface area contributed by atoms with Gasteiger partial charge in [-0.25, -0.2) is 4.79 Å². The van der Waals surface area contributed by atoms with E-state index >= 15 is 0 Å². The lowest BCUT2D eigenvalue weighted by molar-refractivity contribution is -0.124. The summed E-state index contributed by atoms with van der Waals surface area (Å²) >= 11 is 7.40. The molecule has 3 amide bonds. The third kappa shape index (κ3) is 4.97. The van der Waals surface area contributed by atoms with Gasteiger partial charge in [0.15, 0.2) is 0 Å². The molecule has 1 aromatic rings. The van der Waals surface area contributed by atoms with Crippen LogP contribution in [0.1, 0.15) is 37.5 Å². The molecule has 1 aromatic heterocycles. The maximum atomic E-state index is 12.1. The summed E-state index contributed by atoms with van der Waals surface area (Å²) in [6, 6.07) is 3.21. The van der Waals surface area contributed by atoms with E-state index in [-0.39, 0.29) is 11.9 Å². The van der Waals surface area contributed by atoms with E-state index in [2.05, 4.69) is 10.6 Å². The minimum Gasteiger partial charge on any atom is -0.335 e. The van der Waals surface area contributed by atoms with Crippen molar-refractivity contribution in [3.8, 4) is 0 Å². The van der Waals surface area contributed by atoms with Crippen molar-refractivity contribution < 1.29 is 9.59 Å². The Hall–Kier alpha value is -1.11. The third-order valence-electron chi connectivity index (χ3n) is 4.00. The average Bonchev–Trinajstić information content (AvgIpc) is 3.09. The molecule has 2 N–H and O–H groups in total. The fourth-order valence-electron chi connectivity index (χ4n) is 2.53. The summed E-state index contributed by atoms with van der Waals surface area (Å²) in [4.78, 5) is 26.9. The van der Waals surface area contributed by atoms with E-state index in [9.17, 15) is 9.59 Å². The highest BCUT2D eigenvalue weighted by atomic mass is 35.5. The van der Waals surface area contributed by atoms with Gasteiger partial charge in [0, 0.05) is 17.5 Å². The predicted molar refractivity (Wildman–Crippen MR) is 89.2 cm³/mol. The molecule has 1 atom stereocenters. The molecule has 0 radical (unpaired) electrons. The number of likely N-dealkylation sites (N-methyl/N-ethyl adjacent to an activating group) is 1. The van der Waals surface area contributed by atoms with Gasteiger partial charge in [0.1, 0.15) is 0 Å². The smallest absolute Gasteiger partial charge is 0.321 e. The minimum atomic E-state index is -0.393. The van der Waals surface area contributed by atoms with Crippen LogP contribution in [-0.4, -0.2) is 36.0 Å². The maximum Gasteiger partial charge on any atom is 0.321 e. The Bertz CT molecular complexity index is 529. The number of halogens is 1. The lowest BCUT2D eigenvalue weighted by Gasteiger charge is -2.23. The third-order valence-corrected chi connectivity index (χ3v) is 5.22. The van der Waals surface area contributed by atoms with Gasteiger partial charge < -0.3 is 5.32 Å². The molecule has 0 spiro atoms. The standard InChI is InChI=1S/C15H22ClN3O2S/c1-10(19(2)9-12-7-8-13(16)22-12)14(20)18-15(21)17-11-5-3-4-6-11/h7-8,10-11H,3-6,9H2,1-2H3,(H2,17,18,20,21). The van der Waals surface area contributed by atoms with Gasteiger partial charge in [0.25, 0.3) is 0 Å². The van der Waals surface area contributed by atoms with Crippen LogP contribution >= 0.6 is 22.9 Å². The molecule has 1 saturated carbocycles. The molecule has 1 heterocycles. The van der Waals surface area contributed by atoms with Crippen molar-refractivity contribution in [2.45, 2.75) is 51.2 Å². The number of nitrogens with zero attached hydrogens (tertiary/aromatic N) is 1. The molecule has 0 aliphatic heterocycles. The Morgan fingerprint density at radius 1 is 1.41 bits per heavy atom. The Morgan fingerprint density at radius 3 is 2.68 bits per heavy atom. The molecular formula is C15H22ClN3O2S. The van der Waals surface area contributed by atoms with Crippen molar-refractivity contribution in [2.24, 2.45) is 0 Å². The van der Waals surface area contributed by atoms with Crippen LogP contribution in [0.15, 0.2) is 12.1 Å². The Balaban J connectivity index is 1.78. The SMILES string of the molecule is CC(C(=O)NC(=O)NC1CCCC1)N(C)Cc1ccc(Cl)s1. The summed E-state index contributed by atoms with van der Waals surface area (Å²) in [5.74, 6) is -0.291. The zero-order chi connectivity index (χ0) is 16.1. The highest BCUT2D eigenvalue weighted by Crippen LogP contribution is 2.22. The number of carbonyl (C=O) groups is 2. The van der Waals surface area contributed by atoms with Crippen molar-refractivity contribution in [1.82, 2.24) is 15.5 Å². The summed E-state index contributed by atoms with van der Waals surface area (Å²) in [6.07, 6.45) is 4.27. The molecule has 5 nitrogen and oxygen atoms in total. The number of hydrogen-bond acceptors (Lipinski definition) is 4. The van der Waals surface area contributed by atoms with E-state index < -0.39 is 12.1 Å². The summed E-state index contributed by atoms with van der Waals surface area (Å²) in [5, 5.41) is 5.28. The summed E-state index contributed by atoms with van der Waals surface area (Å²) in [5.41, 5.74) is 0. The van der Waals surface area contributed by atoms with Crippen LogP contribution in [-0.2, 0) is 11.3 Å². The zero-order valence-corrected chi connectivity index (χ0v) is 14.5. The fraction of sp³-hybridized carbons (Fsp3) is 0.600. The van der Waals surface area contributed by atoms with Crippen LogP contribution in [0.5, 0.6) is 0 Å². The van der Waals surface area contributed by atoms with E-state index in [0.29, 0.717) is 6.54 Å². The van der Waals surface area contributed by atoms with Crippen LogP contribution in [0, 0.1) is 0 Å². The normalized spacial score (nSPS) is 16.7. The number of urea groups is 1. The molecule has 2 rings (SSSR count). The van der Waals surface area contributed by atoms with Gasteiger partial charge in [-0.1, -0.05) is 24.4 Å². The van der Waals surface area contributed by atoms with Gasteiger partial charge in [-0.05, 0) is 38.9 Å². The minimum absolute atomic E-state index is 0.203. The van der Waals surface area contributed by atoms with E-state index in [0.717, 1.165) is 34.9 Å².